The fourth-order valence-corrected chi connectivity index (χ4v) is 3.28. The SMILES string of the molecule is CCC1(CC)CCN(CC(O)C2CCOC2)C1. The largest absolute Gasteiger partial charge is 0.391 e. The van der Waals surface area contributed by atoms with Crippen LogP contribution in [0, 0.1) is 11.3 Å². The number of hydrogen-bond donors (Lipinski definition) is 1. The third-order valence-corrected chi connectivity index (χ3v) is 4.97. The predicted octanol–water partition coefficient (Wildman–Crippen LogP) is 1.90. The first kappa shape index (κ1) is 13.3. The Balaban J connectivity index is 1.80. The first-order valence-corrected chi connectivity index (χ1v) is 7.17. The molecule has 0 amide bonds. The Kier molecular flexibility index (Phi) is 4.45. The van der Waals surface area contributed by atoms with Gasteiger partial charge in [-0.3, -0.25) is 0 Å². The Hall–Kier alpha value is -0.120. The van der Waals surface area contributed by atoms with Gasteiger partial charge >= 0.3 is 0 Å². The summed E-state index contributed by atoms with van der Waals surface area (Å²) < 4.78 is 5.35. The topological polar surface area (TPSA) is 32.7 Å². The molecule has 0 radical (unpaired) electrons. The molecule has 0 spiro atoms. The molecule has 2 atom stereocenters. The molecule has 100 valence electrons. The first-order valence-electron chi connectivity index (χ1n) is 7.17. The summed E-state index contributed by atoms with van der Waals surface area (Å²) >= 11 is 0. The van der Waals surface area contributed by atoms with Crippen molar-refractivity contribution in [1.29, 1.82) is 0 Å². The Morgan fingerprint density at radius 2 is 2.18 bits per heavy atom. The summed E-state index contributed by atoms with van der Waals surface area (Å²) in [6, 6.07) is 0. The van der Waals surface area contributed by atoms with Crippen molar-refractivity contribution in [3.63, 3.8) is 0 Å². The third kappa shape index (κ3) is 3.01. The lowest BCUT2D eigenvalue weighted by molar-refractivity contribution is 0.0588. The molecule has 2 unspecified atom stereocenters. The molecule has 0 aromatic rings. The summed E-state index contributed by atoms with van der Waals surface area (Å²) in [6.45, 7) is 9.35. The van der Waals surface area contributed by atoms with Crippen LogP contribution in [0.25, 0.3) is 0 Å². The minimum atomic E-state index is -0.193. The van der Waals surface area contributed by atoms with Gasteiger partial charge < -0.3 is 14.7 Å². The lowest BCUT2D eigenvalue weighted by atomic mass is 9.82. The summed E-state index contributed by atoms with van der Waals surface area (Å²) in [7, 11) is 0. The van der Waals surface area contributed by atoms with Crippen LogP contribution in [-0.4, -0.2) is 49.0 Å². The zero-order valence-corrected chi connectivity index (χ0v) is 11.3. The van der Waals surface area contributed by atoms with E-state index in [1.807, 2.05) is 0 Å². The number of rotatable bonds is 5. The maximum Gasteiger partial charge on any atom is 0.0718 e. The highest BCUT2D eigenvalue weighted by Gasteiger charge is 2.36. The molecule has 2 aliphatic heterocycles. The Morgan fingerprint density at radius 1 is 1.41 bits per heavy atom. The van der Waals surface area contributed by atoms with E-state index < -0.39 is 0 Å². The van der Waals surface area contributed by atoms with Crippen molar-refractivity contribution in [2.45, 2.75) is 45.6 Å². The van der Waals surface area contributed by atoms with Crippen LogP contribution in [0.1, 0.15) is 39.5 Å². The summed E-state index contributed by atoms with van der Waals surface area (Å²) in [5.74, 6) is 0.369. The van der Waals surface area contributed by atoms with Gasteiger partial charge in [0.15, 0.2) is 0 Å². The van der Waals surface area contributed by atoms with Gasteiger partial charge in [0.05, 0.1) is 12.7 Å². The number of ether oxygens (including phenoxy) is 1. The van der Waals surface area contributed by atoms with Crippen LogP contribution in [0.3, 0.4) is 0 Å². The molecule has 0 aliphatic carbocycles. The maximum atomic E-state index is 10.2. The molecule has 1 N–H and O–H groups in total. The molecule has 17 heavy (non-hydrogen) atoms. The second kappa shape index (κ2) is 5.68. The fraction of sp³-hybridized carbons (Fsp3) is 1.00. The van der Waals surface area contributed by atoms with Gasteiger partial charge in [-0.2, -0.15) is 0 Å². The molecule has 2 rings (SSSR count). The highest BCUT2D eigenvalue weighted by atomic mass is 16.5. The quantitative estimate of drug-likeness (QED) is 0.798. The van der Waals surface area contributed by atoms with Crippen LogP contribution in [0.2, 0.25) is 0 Å². The third-order valence-electron chi connectivity index (χ3n) is 4.97. The van der Waals surface area contributed by atoms with Crippen molar-refractivity contribution in [3.8, 4) is 0 Å². The van der Waals surface area contributed by atoms with E-state index in [0.29, 0.717) is 11.3 Å². The lowest BCUT2D eigenvalue weighted by Crippen LogP contribution is -2.37. The summed E-state index contributed by atoms with van der Waals surface area (Å²) in [6.07, 6.45) is 4.67. The molecule has 0 aromatic heterocycles. The second-order valence-electron chi connectivity index (χ2n) is 5.88. The van der Waals surface area contributed by atoms with Crippen molar-refractivity contribution in [2.75, 3.05) is 32.8 Å². The average molecular weight is 241 g/mol. The molecule has 3 nitrogen and oxygen atoms in total. The molecule has 0 bridgehead atoms. The van der Waals surface area contributed by atoms with Gasteiger partial charge in [-0.1, -0.05) is 13.8 Å². The van der Waals surface area contributed by atoms with E-state index in [4.69, 9.17) is 4.74 Å². The van der Waals surface area contributed by atoms with Gasteiger partial charge in [0, 0.05) is 25.6 Å². The number of hydrogen-bond acceptors (Lipinski definition) is 3. The molecule has 2 heterocycles. The van der Waals surface area contributed by atoms with E-state index in [-0.39, 0.29) is 6.10 Å². The number of aliphatic hydroxyl groups excluding tert-OH is 1. The van der Waals surface area contributed by atoms with Crippen LogP contribution in [0.15, 0.2) is 0 Å². The summed E-state index contributed by atoms with van der Waals surface area (Å²) in [5, 5.41) is 10.2. The summed E-state index contributed by atoms with van der Waals surface area (Å²) in [4.78, 5) is 2.45. The molecule has 0 saturated carbocycles. The zero-order chi connectivity index (χ0) is 12.3. The predicted molar refractivity (Wildman–Crippen MR) is 69.0 cm³/mol. The van der Waals surface area contributed by atoms with Crippen LogP contribution in [-0.2, 0) is 4.74 Å². The van der Waals surface area contributed by atoms with Gasteiger partial charge in [-0.05, 0) is 37.6 Å². The van der Waals surface area contributed by atoms with Gasteiger partial charge in [-0.15, -0.1) is 0 Å². The minimum Gasteiger partial charge on any atom is -0.391 e. The van der Waals surface area contributed by atoms with E-state index in [2.05, 4.69) is 18.7 Å². The highest BCUT2D eigenvalue weighted by Crippen LogP contribution is 2.37. The van der Waals surface area contributed by atoms with E-state index in [1.54, 1.807) is 0 Å². The normalized spacial score (nSPS) is 30.9. The molecular weight excluding hydrogens is 214 g/mol. The van der Waals surface area contributed by atoms with Crippen LogP contribution < -0.4 is 0 Å². The van der Waals surface area contributed by atoms with E-state index >= 15 is 0 Å². The standard InChI is InChI=1S/C14H27NO2/c1-3-14(4-2)6-7-15(11-14)9-13(16)12-5-8-17-10-12/h12-13,16H,3-11H2,1-2H3. The van der Waals surface area contributed by atoms with Crippen molar-refractivity contribution in [3.05, 3.63) is 0 Å². The zero-order valence-electron chi connectivity index (χ0n) is 11.3. The molecule has 3 heteroatoms. The molecule has 0 aromatic carbocycles. The second-order valence-corrected chi connectivity index (χ2v) is 5.88. The average Bonchev–Trinajstić information content (AvgIpc) is 2.98. The Bertz CT molecular complexity index is 234. The fourth-order valence-electron chi connectivity index (χ4n) is 3.28. The monoisotopic (exact) mass is 241 g/mol. The Morgan fingerprint density at radius 3 is 2.71 bits per heavy atom. The maximum absolute atomic E-state index is 10.2. The van der Waals surface area contributed by atoms with Crippen molar-refractivity contribution in [1.82, 2.24) is 4.90 Å². The molecule has 2 fully saturated rings. The van der Waals surface area contributed by atoms with Crippen LogP contribution in [0.5, 0.6) is 0 Å². The van der Waals surface area contributed by atoms with Crippen molar-refractivity contribution in [2.24, 2.45) is 11.3 Å². The number of nitrogens with zero attached hydrogens (tertiary/aromatic N) is 1. The first-order chi connectivity index (χ1) is 8.19. The minimum absolute atomic E-state index is 0.193. The van der Waals surface area contributed by atoms with E-state index in [1.165, 1.54) is 25.8 Å². The lowest BCUT2D eigenvalue weighted by Gasteiger charge is -2.28. The molecule has 2 saturated heterocycles. The Labute approximate surface area is 105 Å². The smallest absolute Gasteiger partial charge is 0.0718 e. The molecule has 2 aliphatic rings. The number of likely N-dealkylation sites (tertiary alicyclic amines) is 1. The van der Waals surface area contributed by atoms with Gasteiger partial charge in [0.2, 0.25) is 0 Å². The summed E-state index contributed by atoms with van der Waals surface area (Å²) in [5.41, 5.74) is 0.520. The van der Waals surface area contributed by atoms with E-state index in [9.17, 15) is 5.11 Å². The van der Waals surface area contributed by atoms with Gasteiger partial charge in [0.25, 0.3) is 0 Å². The molecular formula is C14H27NO2. The number of aliphatic hydroxyl groups is 1. The van der Waals surface area contributed by atoms with Gasteiger partial charge in [0.1, 0.15) is 0 Å². The number of β-amino-alcohol motifs (C(OH)–C–C–N with tert-alkyl or cyclic N) is 1. The van der Waals surface area contributed by atoms with Gasteiger partial charge in [-0.25, -0.2) is 0 Å². The van der Waals surface area contributed by atoms with E-state index in [0.717, 1.165) is 32.7 Å². The van der Waals surface area contributed by atoms with Crippen molar-refractivity contribution >= 4 is 0 Å². The van der Waals surface area contributed by atoms with Crippen molar-refractivity contribution < 1.29 is 9.84 Å². The van der Waals surface area contributed by atoms with Crippen LogP contribution >= 0.6 is 0 Å². The highest BCUT2D eigenvalue weighted by molar-refractivity contribution is 4.89. The van der Waals surface area contributed by atoms with Crippen LogP contribution in [0.4, 0.5) is 0 Å².